The average Bonchev–Trinajstić information content (AvgIpc) is 2.78. The minimum absolute atomic E-state index is 0.305. The van der Waals surface area contributed by atoms with Crippen molar-refractivity contribution >= 4 is 5.96 Å². The van der Waals surface area contributed by atoms with Gasteiger partial charge in [-0.15, -0.1) is 0 Å². The standard InChI is InChI=1S/C9H17N3O/c10-9(12-7-3-4-7)11-6-8-2-1-5-13-8/h7-8H,1-6H2,(H3,10,11,12). The smallest absolute Gasteiger partial charge is 0.188 e. The highest BCUT2D eigenvalue weighted by Crippen LogP contribution is 2.18. The van der Waals surface area contributed by atoms with Crippen LogP contribution in [0, 0.1) is 0 Å². The Morgan fingerprint density at radius 3 is 2.92 bits per heavy atom. The Kier molecular flexibility index (Phi) is 2.68. The van der Waals surface area contributed by atoms with Gasteiger partial charge in [-0.3, -0.25) is 4.99 Å². The van der Waals surface area contributed by atoms with E-state index in [4.69, 9.17) is 10.5 Å². The van der Waals surface area contributed by atoms with Gasteiger partial charge in [0.1, 0.15) is 0 Å². The van der Waals surface area contributed by atoms with E-state index in [9.17, 15) is 0 Å². The van der Waals surface area contributed by atoms with E-state index in [0.717, 1.165) is 19.4 Å². The lowest BCUT2D eigenvalue weighted by Gasteiger charge is -2.07. The molecule has 1 saturated carbocycles. The van der Waals surface area contributed by atoms with Gasteiger partial charge < -0.3 is 15.8 Å². The van der Waals surface area contributed by atoms with Crippen molar-refractivity contribution in [3.05, 3.63) is 0 Å². The second kappa shape index (κ2) is 3.96. The number of hydrogen-bond donors (Lipinski definition) is 2. The van der Waals surface area contributed by atoms with E-state index in [1.807, 2.05) is 0 Å². The van der Waals surface area contributed by atoms with Gasteiger partial charge in [0.2, 0.25) is 0 Å². The lowest BCUT2D eigenvalue weighted by Crippen LogP contribution is -2.34. The lowest BCUT2D eigenvalue weighted by molar-refractivity contribution is 0.118. The van der Waals surface area contributed by atoms with E-state index >= 15 is 0 Å². The zero-order chi connectivity index (χ0) is 9.10. The van der Waals surface area contributed by atoms with Gasteiger partial charge in [-0.1, -0.05) is 0 Å². The van der Waals surface area contributed by atoms with E-state index < -0.39 is 0 Å². The normalized spacial score (nSPS) is 29.2. The highest BCUT2D eigenvalue weighted by molar-refractivity contribution is 5.78. The molecule has 1 atom stereocenters. The van der Waals surface area contributed by atoms with Crippen molar-refractivity contribution in [1.29, 1.82) is 0 Å². The maximum absolute atomic E-state index is 5.68. The molecule has 0 aromatic rings. The van der Waals surface area contributed by atoms with Gasteiger partial charge in [0.25, 0.3) is 0 Å². The van der Waals surface area contributed by atoms with Crippen molar-refractivity contribution in [2.45, 2.75) is 37.8 Å². The van der Waals surface area contributed by atoms with Crippen LogP contribution in [0.25, 0.3) is 0 Å². The van der Waals surface area contributed by atoms with Crippen LogP contribution in [0.1, 0.15) is 25.7 Å². The molecule has 1 unspecified atom stereocenters. The average molecular weight is 183 g/mol. The molecule has 3 N–H and O–H groups in total. The summed E-state index contributed by atoms with van der Waals surface area (Å²) in [6.07, 6.45) is 5.06. The molecule has 1 aliphatic heterocycles. The van der Waals surface area contributed by atoms with Crippen LogP contribution in [0.3, 0.4) is 0 Å². The largest absolute Gasteiger partial charge is 0.376 e. The van der Waals surface area contributed by atoms with Crippen LogP contribution >= 0.6 is 0 Å². The molecule has 4 heteroatoms. The maximum Gasteiger partial charge on any atom is 0.188 e. The van der Waals surface area contributed by atoms with Gasteiger partial charge in [0.05, 0.1) is 12.6 Å². The molecule has 2 aliphatic rings. The summed E-state index contributed by atoms with van der Waals surface area (Å²) in [5.41, 5.74) is 5.68. The van der Waals surface area contributed by atoms with Crippen LogP contribution in [-0.2, 0) is 4.74 Å². The van der Waals surface area contributed by atoms with Crippen LogP contribution < -0.4 is 11.1 Å². The molecule has 13 heavy (non-hydrogen) atoms. The Labute approximate surface area is 78.5 Å². The van der Waals surface area contributed by atoms with E-state index in [-0.39, 0.29) is 0 Å². The number of hydrogen-bond acceptors (Lipinski definition) is 2. The molecule has 0 aromatic heterocycles. The summed E-state index contributed by atoms with van der Waals surface area (Å²) < 4.78 is 5.43. The first-order valence-electron chi connectivity index (χ1n) is 5.02. The van der Waals surface area contributed by atoms with Crippen LogP contribution in [0.2, 0.25) is 0 Å². The number of nitrogens with two attached hydrogens (primary N) is 1. The highest BCUT2D eigenvalue weighted by Gasteiger charge is 2.21. The Morgan fingerprint density at radius 1 is 1.46 bits per heavy atom. The van der Waals surface area contributed by atoms with Gasteiger partial charge in [-0.2, -0.15) is 0 Å². The topological polar surface area (TPSA) is 59.6 Å². The van der Waals surface area contributed by atoms with Crippen LogP contribution in [0.5, 0.6) is 0 Å². The zero-order valence-electron chi connectivity index (χ0n) is 7.83. The van der Waals surface area contributed by atoms with Crippen molar-refractivity contribution in [3.63, 3.8) is 0 Å². The third-order valence-corrected chi connectivity index (χ3v) is 2.42. The summed E-state index contributed by atoms with van der Waals surface area (Å²) in [4.78, 5) is 4.24. The van der Waals surface area contributed by atoms with Gasteiger partial charge >= 0.3 is 0 Å². The fourth-order valence-corrected chi connectivity index (χ4v) is 1.47. The van der Waals surface area contributed by atoms with Gasteiger partial charge in [0.15, 0.2) is 5.96 Å². The summed E-state index contributed by atoms with van der Waals surface area (Å²) in [5, 5.41) is 3.15. The summed E-state index contributed by atoms with van der Waals surface area (Å²) in [6.45, 7) is 1.60. The SMILES string of the molecule is NC(=NCC1CCCO1)NC1CC1. The highest BCUT2D eigenvalue weighted by atomic mass is 16.5. The Balaban J connectivity index is 1.67. The molecule has 1 saturated heterocycles. The summed E-state index contributed by atoms with van der Waals surface area (Å²) in [5.74, 6) is 0.581. The predicted octanol–water partition coefficient (Wildman–Crippen LogP) is 0.232. The molecule has 1 aliphatic carbocycles. The fourth-order valence-electron chi connectivity index (χ4n) is 1.47. The summed E-state index contributed by atoms with van der Waals surface area (Å²) in [6, 6.07) is 0.591. The third-order valence-electron chi connectivity index (χ3n) is 2.42. The number of ether oxygens (including phenoxy) is 1. The van der Waals surface area contributed by atoms with Gasteiger partial charge in [-0.05, 0) is 25.7 Å². The van der Waals surface area contributed by atoms with Crippen molar-refractivity contribution in [2.75, 3.05) is 13.2 Å². The fraction of sp³-hybridized carbons (Fsp3) is 0.889. The monoisotopic (exact) mass is 183 g/mol. The maximum atomic E-state index is 5.68. The number of aliphatic imine (C=N–C) groups is 1. The van der Waals surface area contributed by atoms with E-state index in [2.05, 4.69) is 10.3 Å². The molecule has 74 valence electrons. The van der Waals surface area contributed by atoms with Crippen molar-refractivity contribution in [1.82, 2.24) is 5.32 Å². The Bertz CT molecular complexity index is 195. The minimum Gasteiger partial charge on any atom is -0.376 e. The molecule has 0 amide bonds. The lowest BCUT2D eigenvalue weighted by atomic mass is 10.2. The molecule has 0 bridgehead atoms. The first-order chi connectivity index (χ1) is 6.34. The predicted molar refractivity (Wildman–Crippen MR) is 51.6 cm³/mol. The van der Waals surface area contributed by atoms with Crippen LogP contribution in [0.4, 0.5) is 0 Å². The quantitative estimate of drug-likeness (QED) is 0.486. The first-order valence-corrected chi connectivity index (χ1v) is 5.02. The Morgan fingerprint density at radius 2 is 2.31 bits per heavy atom. The Hall–Kier alpha value is -0.770. The second-order valence-corrected chi connectivity index (χ2v) is 3.78. The molecule has 2 fully saturated rings. The minimum atomic E-state index is 0.305. The summed E-state index contributed by atoms with van der Waals surface area (Å²) >= 11 is 0. The number of nitrogens with zero attached hydrogens (tertiary/aromatic N) is 1. The molecule has 2 rings (SSSR count). The molecule has 1 heterocycles. The van der Waals surface area contributed by atoms with Crippen molar-refractivity contribution < 1.29 is 4.74 Å². The number of nitrogens with one attached hydrogen (secondary N) is 1. The molecule has 0 spiro atoms. The van der Waals surface area contributed by atoms with Gasteiger partial charge in [0, 0.05) is 12.6 Å². The number of rotatable bonds is 3. The van der Waals surface area contributed by atoms with Crippen molar-refractivity contribution in [2.24, 2.45) is 10.7 Å². The molecule has 4 nitrogen and oxygen atoms in total. The second-order valence-electron chi connectivity index (χ2n) is 3.78. The zero-order valence-corrected chi connectivity index (χ0v) is 7.83. The van der Waals surface area contributed by atoms with Gasteiger partial charge in [-0.25, -0.2) is 0 Å². The molecule has 0 aromatic carbocycles. The van der Waals surface area contributed by atoms with Crippen LogP contribution in [0.15, 0.2) is 4.99 Å². The van der Waals surface area contributed by atoms with Crippen LogP contribution in [-0.4, -0.2) is 31.3 Å². The molecular formula is C9H17N3O. The van der Waals surface area contributed by atoms with Crippen molar-refractivity contribution in [3.8, 4) is 0 Å². The van der Waals surface area contributed by atoms with E-state index in [1.165, 1.54) is 12.8 Å². The molecular weight excluding hydrogens is 166 g/mol. The number of guanidine groups is 1. The van der Waals surface area contributed by atoms with E-state index in [0.29, 0.717) is 24.7 Å². The summed E-state index contributed by atoms with van der Waals surface area (Å²) in [7, 11) is 0. The molecule has 0 radical (unpaired) electrons. The van der Waals surface area contributed by atoms with E-state index in [1.54, 1.807) is 0 Å². The first kappa shape index (κ1) is 8.81. The third kappa shape index (κ3) is 2.88.